The average molecular weight is 223 g/mol. The predicted molar refractivity (Wildman–Crippen MR) is 63.8 cm³/mol. The molecule has 0 fully saturated rings. The molecule has 0 aliphatic heterocycles. The van der Waals surface area contributed by atoms with E-state index in [1.165, 1.54) is 0 Å². The molecule has 0 amide bonds. The van der Waals surface area contributed by atoms with Crippen LogP contribution in [0, 0.1) is 0 Å². The zero-order valence-electron chi connectivity index (χ0n) is 8.95. The highest BCUT2D eigenvalue weighted by molar-refractivity contribution is 5.75. The van der Waals surface area contributed by atoms with Crippen molar-refractivity contribution in [2.45, 2.75) is 0 Å². The molecule has 0 saturated heterocycles. The molecule has 0 aromatic carbocycles. The Morgan fingerprint density at radius 1 is 1.18 bits per heavy atom. The summed E-state index contributed by atoms with van der Waals surface area (Å²) in [5.41, 5.74) is 3.10. The van der Waals surface area contributed by atoms with Crippen LogP contribution >= 0.6 is 0 Å². The molecule has 4 nitrogen and oxygen atoms in total. The van der Waals surface area contributed by atoms with Crippen LogP contribution in [0.4, 0.5) is 0 Å². The van der Waals surface area contributed by atoms with E-state index >= 15 is 0 Å². The summed E-state index contributed by atoms with van der Waals surface area (Å²) in [4.78, 5) is 19.4. The van der Waals surface area contributed by atoms with E-state index in [0.29, 0.717) is 5.69 Å². The first-order valence-corrected chi connectivity index (χ1v) is 5.22. The summed E-state index contributed by atoms with van der Waals surface area (Å²) in [6, 6.07) is 9.25. The van der Waals surface area contributed by atoms with Crippen LogP contribution in [0.15, 0.2) is 48.9 Å². The van der Waals surface area contributed by atoms with Gasteiger partial charge in [0.1, 0.15) is 5.65 Å². The van der Waals surface area contributed by atoms with Gasteiger partial charge in [0, 0.05) is 24.2 Å². The molecule has 0 aliphatic carbocycles. The Morgan fingerprint density at radius 2 is 2.12 bits per heavy atom. The number of hydrogen-bond acceptors (Lipinski definition) is 3. The number of hydrogen-bond donors (Lipinski definition) is 0. The Hall–Kier alpha value is -2.49. The van der Waals surface area contributed by atoms with Gasteiger partial charge in [-0.1, -0.05) is 6.07 Å². The number of aromatic nitrogens is 3. The fourth-order valence-corrected chi connectivity index (χ4v) is 1.78. The minimum atomic E-state index is 0.588. The third-order valence-corrected chi connectivity index (χ3v) is 2.60. The van der Waals surface area contributed by atoms with Gasteiger partial charge in [-0.25, -0.2) is 4.98 Å². The van der Waals surface area contributed by atoms with Gasteiger partial charge >= 0.3 is 0 Å². The van der Waals surface area contributed by atoms with Crippen molar-refractivity contribution < 1.29 is 4.79 Å². The molecule has 3 aromatic heterocycles. The number of pyridine rings is 2. The lowest BCUT2D eigenvalue weighted by atomic mass is 10.2. The van der Waals surface area contributed by atoms with E-state index in [-0.39, 0.29) is 0 Å². The second-order valence-electron chi connectivity index (χ2n) is 3.66. The maximum Gasteiger partial charge on any atom is 0.166 e. The molecule has 17 heavy (non-hydrogen) atoms. The van der Waals surface area contributed by atoms with E-state index in [1.807, 2.05) is 30.5 Å². The predicted octanol–water partition coefficient (Wildman–Crippen LogP) is 2.21. The number of imidazole rings is 1. The highest BCUT2D eigenvalue weighted by Gasteiger charge is 2.06. The Kier molecular flexibility index (Phi) is 2.19. The second-order valence-corrected chi connectivity index (χ2v) is 3.66. The van der Waals surface area contributed by atoms with Crippen LogP contribution in [-0.2, 0) is 0 Å². The molecule has 0 bridgehead atoms. The third kappa shape index (κ3) is 1.59. The van der Waals surface area contributed by atoms with Crippen LogP contribution in [0.5, 0.6) is 0 Å². The van der Waals surface area contributed by atoms with E-state index in [2.05, 4.69) is 9.97 Å². The normalized spacial score (nSPS) is 10.6. The molecular formula is C13H9N3O. The van der Waals surface area contributed by atoms with Crippen LogP contribution in [0.25, 0.3) is 16.9 Å². The van der Waals surface area contributed by atoms with Gasteiger partial charge in [0.05, 0.1) is 11.4 Å². The molecule has 3 aromatic rings. The van der Waals surface area contributed by atoms with E-state index in [4.69, 9.17) is 0 Å². The lowest BCUT2D eigenvalue weighted by molar-refractivity contribution is 0.111. The van der Waals surface area contributed by atoms with Crippen molar-refractivity contribution in [2.24, 2.45) is 0 Å². The number of carbonyl (C=O) groups excluding carboxylic acids is 1. The summed E-state index contributed by atoms with van der Waals surface area (Å²) < 4.78 is 1.77. The van der Waals surface area contributed by atoms with Crippen LogP contribution in [0.1, 0.15) is 10.5 Å². The zero-order valence-corrected chi connectivity index (χ0v) is 8.95. The van der Waals surface area contributed by atoms with Crippen molar-refractivity contribution in [1.82, 2.24) is 14.4 Å². The molecule has 0 unspecified atom stereocenters. The number of rotatable bonds is 2. The fraction of sp³-hybridized carbons (Fsp3) is 0. The maximum absolute atomic E-state index is 10.9. The summed E-state index contributed by atoms with van der Waals surface area (Å²) in [6.45, 7) is 0. The average Bonchev–Trinajstić information content (AvgIpc) is 2.83. The molecule has 82 valence electrons. The Labute approximate surface area is 97.6 Å². The molecule has 0 aliphatic rings. The summed E-state index contributed by atoms with van der Waals surface area (Å²) >= 11 is 0. The smallest absolute Gasteiger partial charge is 0.166 e. The first-order chi connectivity index (χ1) is 8.38. The van der Waals surface area contributed by atoms with Crippen LogP contribution in [0.2, 0.25) is 0 Å². The molecular weight excluding hydrogens is 214 g/mol. The molecule has 0 saturated carbocycles. The number of fused-ring (bicyclic) bond motifs is 1. The quantitative estimate of drug-likeness (QED) is 0.626. The third-order valence-electron chi connectivity index (χ3n) is 2.60. The first-order valence-electron chi connectivity index (χ1n) is 5.22. The van der Waals surface area contributed by atoms with Gasteiger partial charge in [-0.15, -0.1) is 0 Å². The number of carbonyl (C=O) groups is 1. The van der Waals surface area contributed by atoms with Crippen molar-refractivity contribution in [3.63, 3.8) is 0 Å². The van der Waals surface area contributed by atoms with Crippen molar-refractivity contribution in [3.05, 3.63) is 54.6 Å². The Bertz CT molecular complexity index is 673. The topological polar surface area (TPSA) is 47.3 Å². The minimum absolute atomic E-state index is 0.588. The lowest BCUT2D eigenvalue weighted by Gasteiger charge is -1.95. The molecule has 4 heteroatoms. The number of nitrogens with zero attached hydrogens (tertiary/aromatic N) is 3. The monoisotopic (exact) mass is 223 g/mol. The van der Waals surface area contributed by atoms with Crippen LogP contribution in [0.3, 0.4) is 0 Å². The molecule has 3 heterocycles. The molecule has 3 rings (SSSR count). The van der Waals surface area contributed by atoms with E-state index in [9.17, 15) is 4.79 Å². The standard InChI is InChI=1S/C13H9N3O/c17-9-11-4-1-5-13-15-12(8-16(11)13)10-3-2-6-14-7-10/h1-9H. The zero-order chi connectivity index (χ0) is 11.7. The van der Waals surface area contributed by atoms with E-state index < -0.39 is 0 Å². The van der Waals surface area contributed by atoms with E-state index in [1.54, 1.807) is 22.9 Å². The largest absolute Gasteiger partial charge is 0.296 e. The molecule has 0 N–H and O–H groups in total. The molecule has 0 radical (unpaired) electrons. The summed E-state index contributed by atoms with van der Waals surface area (Å²) in [5.74, 6) is 0. The van der Waals surface area contributed by atoms with Gasteiger partial charge in [0.2, 0.25) is 0 Å². The van der Waals surface area contributed by atoms with Gasteiger partial charge in [0.15, 0.2) is 6.29 Å². The van der Waals surface area contributed by atoms with Crippen LogP contribution in [-0.4, -0.2) is 20.7 Å². The highest BCUT2D eigenvalue weighted by Crippen LogP contribution is 2.18. The molecule has 0 atom stereocenters. The van der Waals surface area contributed by atoms with Gasteiger partial charge in [-0.05, 0) is 24.3 Å². The van der Waals surface area contributed by atoms with Crippen LogP contribution < -0.4 is 0 Å². The summed E-state index contributed by atoms with van der Waals surface area (Å²) in [5, 5.41) is 0. The van der Waals surface area contributed by atoms with Crippen molar-refractivity contribution in [3.8, 4) is 11.3 Å². The Balaban J connectivity index is 2.24. The van der Waals surface area contributed by atoms with Gasteiger partial charge in [0.25, 0.3) is 0 Å². The first kappa shape index (κ1) is 9.72. The fourth-order valence-electron chi connectivity index (χ4n) is 1.78. The summed E-state index contributed by atoms with van der Waals surface area (Å²) in [6.07, 6.45) is 6.14. The van der Waals surface area contributed by atoms with Gasteiger partial charge in [-0.3, -0.25) is 14.2 Å². The second kappa shape index (κ2) is 3.83. The van der Waals surface area contributed by atoms with Crippen molar-refractivity contribution in [2.75, 3.05) is 0 Å². The van der Waals surface area contributed by atoms with Gasteiger partial charge in [-0.2, -0.15) is 0 Å². The highest BCUT2D eigenvalue weighted by atomic mass is 16.1. The number of aldehydes is 1. The maximum atomic E-state index is 10.9. The van der Waals surface area contributed by atoms with E-state index in [0.717, 1.165) is 23.2 Å². The minimum Gasteiger partial charge on any atom is -0.296 e. The molecule has 0 spiro atoms. The van der Waals surface area contributed by atoms with Crippen molar-refractivity contribution in [1.29, 1.82) is 0 Å². The summed E-state index contributed by atoms with van der Waals surface area (Å²) in [7, 11) is 0. The lowest BCUT2D eigenvalue weighted by Crippen LogP contribution is -1.91. The SMILES string of the molecule is O=Cc1cccc2nc(-c3cccnc3)cn12. The van der Waals surface area contributed by atoms with Crippen molar-refractivity contribution >= 4 is 11.9 Å². The van der Waals surface area contributed by atoms with Gasteiger partial charge < -0.3 is 0 Å². The Morgan fingerprint density at radius 3 is 2.88 bits per heavy atom.